The molecule has 0 fully saturated rings. The van der Waals surface area contributed by atoms with Gasteiger partial charge in [-0.15, -0.1) is 22.7 Å². The summed E-state index contributed by atoms with van der Waals surface area (Å²) in [6.07, 6.45) is 0. The Balaban J connectivity index is 1.89. The monoisotopic (exact) mass is 303 g/mol. The fourth-order valence-corrected chi connectivity index (χ4v) is 4.04. The smallest absolute Gasteiger partial charge is 0.0795 e. The standard InChI is InChI=1S/C15H17N3S2/c1-18(7-11-8-19-10-17-11)14(6-16)13-9-20-15-5-3-2-4-12(13)15/h2-5,8-10,14H,6-7,16H2,1H3. The van der Waals surface area contributed by atoms with Crippen LogP contribution in [0.2, 0.25) is 0 Å². The summed E-state index contributed by atoms with van der Waals surface area (Å²) >= 11 is 3.42. The van der Waals surface area contributed by atoms with E-state index in [9.17, 15) is 0 Å². The van der Waals surface area contributed by atoms with Gasteiger partial charge in [-0.2, -0.15) is 0 Å². The quantitative estimate of drug-likeness (QED) is 0.784. The lowest BCUT2D eigenvalue weighted by atomic mass is 10.0. The number of nitrogens with zero attached hydrogens (tertiary/aromatic N) is 2. The first-order chi connectivity index (χ1) is 9.79. The first kappa shape index (κ1) is 13.7. The largest absolute Gasteiger partial charge is 0.329 e. The zero-order valence-corrected chi connectivity index (χ0v) is 13.0. The molecule has 1 aromatic carbocycles. The van der Waals surface area contributed by atoms with Crippen molar-refractivity contribution < 1.29 is 0 Å². The minimum Gasteiger partial charge on any atom is -0.329 e. The summed E-state index contributed by atoms with van der Waals surface area (Å²) in [6.45, 7) is 1.44. The molecule has 0 aliphatic heterocycles. The Hall–Kier alpha value is -1.27. The van der Waals surface area contributed by atoms with Crippen LogP contribution in [0.15, 0.2) is 40.5 Å². The van der Waals surface area contributed by atoms with Gasteiger partial charge in [-0.3, -0.25) is 4.90 Å². The van der Waals surface area contributed by atoms with Gasteiger partial charge in [-0.05, 0) is 29.4 Å². The maximum absolute atomic E-state index is 6.03. The molecule has 0 spiro atoms. The van der Waals surface area contributed by atoms with Crippen LogP contribution < -0.4 is 5.73 Å². The lowest BCUT2D eigenvalue weighted by molar-refractivity contribution is 0.241. The molecule has 3 nitrogen and oxygen atoms in total. The van der Waals surface area contributed by atoms with Gasteiger partial charge in [0.1, 0.15) is 0 Å². The molecule has 0 amide bonds. The number of thiophene rings is 1. The highest BCUT2D eigenvalue weighted by molar-refractivity contribution is 7.17. The average Bonchev–Trinajstić information content (AvgIpc) is 3.10. The van der Waals surface area contributed by atoms with E-state index in [1.807, 2.05) is 5.51 Å². The topological polar surface area (TPSA) is 42.2 Å². The van der Waals surface area contributed by atoms with E-state index in [0.717, 1.165) is 12.2 Å². The Kier molecular flexibility index (Phi) is 4.12. The van der Waals surface area contributed by atoms with Gasteiger partial charge in [-0.1, -0.05) is 18.2 Å². The maximum atomic E-state index is 6.03. The van der Waals surface area contributed by atoms with Gasteiger partial charge in [0.15, 0.2) is 0 Å². The lowest BCUT2D eigenvalue weighted by Crippen LogP contribution is -2.30. The Labute approximate surface area is 126 Å². The minimum atomic E-state index is 0.229. The summed E-state index contributed by atoms with van der Waals surface area (Å²) < 4.78 is 1.32. The van der Waals surface area contributed by atoms with E-state index in [1.165, 1.54) is 15.6 Å². The number of hydrogen-bond acceptors (Lipinski definition) is 5. The molecule has 2 N–H and O–H groups in total. The maximum Gasteiger partial charge on any atom is 0.0795 e. The van der Waals surface area contributed by atoms with Crippen molar-refractivity contribution in [2.24, 2.45) is 5.73 Å². The van der Waals surface area contributed by atoms with Gasteiger partial charge in [0.2, 0.25) is 0 Å². The van der Waals surface area contributed by atoms with Gasteiger partial charge in [0, 0.05) is 29.2 Å². The predicted octanol–water partition coefficient (Wildman–Crippen LogP) is 3.49. The number of hydrogen-bond donors (Lipinski definition) is 1. The number of thiazole rings is 1. The summed E-state index contributed by atoms with van der Waals surface area (Å²) in [5.74, 6) is 0. The molecule has 20 heavy (non-hydrogen) atoms. The number of benzene rings is 1. The Bertz CT molecular complexity index is 675. The summed E-state index contributed by atoms with van der Waals surface area (Å²) in [5, 5.41) is 5.65. The lowest BCUT2D eigenvalue weighted by Gasteiger charge is -2.26. The number of fused-ring (bicyclic) bond motifs is 1. The summed E-state index contributed by atoms with van der Waals surface area (Å²) in [6, 6.07) is 8.75. The molecule has 2 heterocycles. The van der Waals surface area contributed by atoms with Crippen LogP contribution in [-0.2, 0) is 6.54 Å². The fraction of sp³-hybridized carbons (Fsp3) is 0.267. The van der Waals surface area contributed by atoms with Crippen LogP contribution in [0.3, 0.4) is 0 Å². The highest BCUT2D eigenvalue weighted by atomic mass is 32.1. The minimum absolute atomic E-state index is 0.229. The van der Waals surface area contributed by atoms with Crippen LogP contribution in [0, 0.1) is 0 Å². The zero-order chi connectivity index (χ0) is 13.9. The highest BCUT2D eigenvalue weighted by Gasteiger charge is 2.19. The fourth-order valence-electron chi connectivity index (χ4n) is 2.48. The second-order valence-electron chi connectivity index (χ2n) is 4.83. The normalized spacial score (nSPS) is 13.2. The van der Waals surface area contributed by atoms with Crippen LogP contribution in [0.4, 0.5) is 0 Å². The summed E-state index contributed by atoms with van der Waals surface area (Å²) in [7, 11) is 2.11. The van der Waals surface area contributed by atoms with Crippen molar-refractivity contribution in [2.75, 3.05) is 13.6 Å². The van der Waals surface area contributed by atoms with Crippen molar-refractivity contribution in [1.29, 1.82) is 0 Å². The van der Waals surface area contributed by atoms with Crippen LogP contribution in [0.25, 0.3) is 10.1 Å². The molecular weight excluding hydrogens is 286 g/mol. The third kappa shape index (κ3) is 2.62. The molecule has 0 radical (unpaired) electrons. The van der Waals surface area contributed by atoms with Crippen LogP contribution in [0.5, 0.6) is 0 Å². The van der Waals surface area contributed by atoms with E-state index in [-0.39, 0.29) is 6.04 Å². The first-order valence-corrected chi connectivity index (χ1v) is 8.35. The zero-order valence-electron chi connectivity index (χ0n) is 11.3. The Morgan fingerprint density at radius 3 is 2.90 bits per heavy atom. The summed E-state index contributed by atoms with van der Waals surface area (Å²) in [5.41, 5.74) is 10.3. The van der Waals surface area contributed by atoms with Gasteiger partial charge in [-0.25, -0.2) is 4.98 Å². The van der Waals surface area contributed by atoms with Crippen LogP contribution in [0.1, 0.15) is 17.3 Å². The molecule has 104 valence electrons. The second-order valence-corrected chi connectivity index (χ2v) is 6.46. The highest BCUT2D eigenvalue weighted by Crippen LogP contribution is 2.32. The van der Waals surface area contributed by atoms with Crippen molar-refractivity contribution in [3.05, 3.63) is 51.8 Å². The van der Waals surface area contributed by atoms with Crippen molar-refractivity contribution in [1.82, 2.24) is 9.88 Å². The molecule has 3 aromatic rings. The van der Waals surface area contributed by atoms with Crippen molar-refractivity contribution >= 4 is 32.8 Å². The molecule has 3 rings (SSSR count). The molecular formula is C15H17N3S2. The van der Waals surface area contributed by atoms with E-state index in [0.29, 0.717) is 6.54 Å². The molecule has 2 aromatic heterocycles. The molecule has 1 atom stereocenters. The second kappa shape index (κ2) is 6.01. The van der Waals surface area contributed by atoms with Crippen molar-refractivity contribution in [3.63, 3.8) is 0 Å². The van der Waals surface area contributed by atoms with E-state index >= 15 is 0 Å². The molecule has 0 aliphatic rings. The molecule has 1 unspecified atom stereocenters. The van der Waals surface area contributed by atoms with Gasteiger partial charge >= 0.3 is 0 Å². The SMILES string of the molecule is CN(Cc1cscn1)C(CN)c1csc2ccccc12. The van der Waals surface area contributed by atoms with Crippen LogP contribution >= 0.6 is 22.7 Å². The van der Waals surface area contributed by atoms with E-state index in [4.69, 9.17) is 5.73 Å². The van der Waals surface area contributed by atoms with Gasteiger partial charge in [0.05, 0.1) is 11.2 Å². The van der Waals surface area contributed by atoms with E-state index < -0.39 is 0 Å². The number of aromatic nitrogens is 1. The van der Waals surface area contributed by atoms with E-state index in [1.54, 1.807) is 22.7 Å². The number of rotatable bonds is 5. The van der Waals surface area contributed by atoms with Gasteiger partial charge < -0.3 is 5.73 Å². The van der Waals surface area contributed by atoms with Crippen LogP contribution in [-0.4, -0.2) is 23.5 Å². The first-order valence-electron chi connectivity index (χ1n) is 6.53. The van der Waals surface area contributed by atoms with Crippen molar-refractivity contribution in [3.8, 4) is 0 Å². The third-order valence-corrected chi connectivity index (χ3v) is 5.14. The van der Waals surface area contributed by atoms with E-state index in [2.05, 4.69) is 52.0 Å². The van der Waals surface area contributed by atoms with Gasteiger partial charge in [0.25, 0.3) is 0 Å². The third-order valence-electron chi connectivity index (χ3n) is 3.52. The Morgan fingerprint density at radius 2 is 2.15 bits per heavy atom. The number of nitrogens with two attached hydrogens (primary N) is 1. The molecule has 0 bridgehead atoms. The predicted molar refractivity (Wildman–Crippen MR) is 87.2 cm³/mol. The average molecular weight is 303 g/mol. The summed E-state index contributed by atoms with van der Waals surface area (Å²) in [4.78, 5) is 6.64. The number of likely N-dealkylation sites (N-methyl/N-ethyl adjacent to an activating group) is 1. The molecule has 0 saturated heterocycles. The molecule has 0 aliphatic carbocycles. The van der Waals surface area contributed by atoms with Crippen molar-refractivity contribution in [2.45, 2.75) is 12.6 Å². The Morgan fingerprint density at radius 1 is 1.30 bits per heavy atom. The molecule has 5 heteroatoms. The molecule has 0 saturated carbocycles.